The van der Waals surface area contributed by atoms with Crippen LogP contribution < -0.4 is 5.32 Å². The molecule has 1 aromatic rings. The number of anilines is 1. The molecule has 106 valence electrons. The highest BCUT2D eigenvalue weighted by Crippen LogP contribution is 2.45. The number of allylic oxidation sites excluding steroid dienone is 2. The van der Waals surface area contributed by atoms with E-state index in [1.807, 2.05) is 0 Å². The Morgan fingerprint density at radius 1 is 1.35 bits per heavy atom. The molecule has 1 saturated carbocycles. The minimum atomic E-state index is -0.582. The first kappa shape index (κ1) is 13.1. The zero-order chi connectivity index (χ0) is 14.3. The lowest BCUT2D eigenvalue weighted by atomic mass is 9.87. The molecule has 2 aliphatic rings. The molecule has 20 heavy (non-hydrogen) atoms. The average molecular weight is 276 g/mol. The molecule has 4 nitrogen and oxygen atoms in total. The third-order valence-corrected chi connectivity index (χ3v) is 4.46. The predicted molar refractivity (Wildman–Crippen MR) is 75.0 cm³/mol. The molecule has 0 aliphatic heterocycles. The summed E-state index contributed by atoms with van der Waals surface area (Å²) < 4.78 is 13.4. The summed E-state index contributed by atoms with van der Waals surface area (Å²) in [7, 11) is 0. The smallest absolute Gasteiger partial charge is 0.274 e. The first-order chi connectivity index (χ1) is 9.52. The van der Waals surface area contributed by atoms with Crippen LogP contribution in [0.2, 0.25) is 0 Å². The third-order valence-electron chi connectivity index (χ3n) is 4.46. The molecule has 2 aliphatic carbocycles. The Morgan fingerprint density at radius 3 is 2.75 bits per heavy atom. The number of rotatable bonds is 4. The van der Waals surface area contributed by atoms with Crippen LogP contribution in [0.3, 0.4) is 0 Å². The monoisotopic (exact) mass is 276 g/mol. The van der Waals surface area contributed by atoms with E-state index < -0.39 is 10.7 Å². The van der Waals surface area contributed by atoms with Crippen LogP contribution in [0.5, 0.6) is 0 Å². The topological polar surface area (TPSA) is 55.2 Å². The van der Waals surface area contributed by atoms with E-state index in [2.05, 4.69) is 24.4 Å². The van der Waals surface area contributed by atoms with E-state index in [1.54, 1.807) is 0 Å². The van der Waals surface area contributed by atoms with Crippen molar-refractivity contribution < 1.29 is 9.31 Å². The molecule has 0 spiro atoms. The maximum absolute atomic E-state index is 13.4. The Hall–Kier alpha value is -1.91. The SMILES string of the molecule is CC(Nc1cc(F)cc([N+](=O)[O-])c1)C1CC2C=CC1C2. The van der Waals surface area contributed by atoms with Crippen LogP contribution in [0.15, 0.2) is 30.4 Å². The summed E-state index contributed by atoms with van der Waals surface area (Å²) in [5, 5.41) is 14.0. The van der Waals surface area contributed by atoms with Crippen LogP contribution >= 0.6 is 0 Å². The first-order valence-electron chi connectivity index (χ1n) is 6.93. The Labute approximate surface area is 116 Å². The quantitative estimate of drug-likeness (QED) is 0.517. The van der Waals surface area contributed by atoms with Gasteiger partial charge in [0.25, 0.3) is 5.69 Å². The number of fused-ring (bicyclic) bond motifs is 2. The highest BCUT2D eigenvalue weighted by molar-refractivity contribution is 5.52. The molecule has 1 aromatic carbocycles. The number of halogens is 1. The fraction of sp³-hybridized carbons (Fsp3) is 0.467. The number of hydrogen-bond donors (Lipinski definition) is 1. The molecule has 4 unspecified atom stereocenters. The summed E-state index contributed by atoms with van der Waals surface area (Å²) in [4.78, 5) is 10.2. The fourth-order valence-corrected chi connectivity index (χ4v) is 3.53. The number of hydrogen-bond acceptors (Lipinski definition) is 3. The Morgan fingerprint density at radius 2 is 2.15 bits per heavy atom. The summed E-state index contributed by atoms with van der Waals surface area (Å²) in [5.41, 5.74) is 0.267. The van der Waals surface area contributed by atoms with Crippen molar-refractivity contribution in [1.29, 1.82) is 0 Å². The standard InChI is InChI=1S/C15H17FN2O2/c1-9(15-5-10-2-3-11(15)4-10)17-13-6-12(16)7-14(8-13)18(19)20/h2-3,6-11,15,17H,4-5H2,1H3. The molecule has 5 heteroatoms. The van der Waals surface area contributed by atoms with Gasteiger partial charge in [0.15, 0.2) is 0 Å². The summed E-state index contributed by atoms with van der Waals surface area (Å²) in [6, 6.07) is 3.82. The minimum Gasteiger partial charge on any atom is -0.382 e. The highest BCUT2D eigenvalue weighted by Gasteiger charge is 2.38. The van der Waals surface area contributed by atoms with E-state index in [1.165, 1.54) is 18.6 Å². The zero-order valence-corrected chi connectivity index (χ0v) is 11.3. The van der Waals surface area contributed by atoms with Crippen molar-refractivity contribution in [2.75, 3.05) is 5.32 Å². The predicted octanol–water partition coefficient (Wildman–Crippen LogP) is 3.75. The van der Waals surface area contributed by atoms with Gasteiger partial charge < -0.3 is 5.32 Å². The molecule has 4 atom stereocenters. The molecule has 1 N–H and O–H groups in total. The van der Waals surface area contributed by atoms with E-state index >= 15 is 0 Å². The number of nitro groups is 1. The molecule has 0 radical (unpaired) electrons. The van der Waals surface area contributed by atoms with Gasteiger partial charge in [0, 0.05) is 17.8 Å². The largest absolute Gasteiger partial charge is 0.382 e. The zero-order valence-electron chi connectivity index (χ0n) is 11.3. The van der Waals surface area contributed by atoms with Crippen molar-refractivity contribution in [3.05, 3.63) is 46.3 Å². The van der Waals surface area contributed by atoms with Crippen LogP contribution in [-0.2, 0) is 0 Å². The van der Waals surface area contributed by atoms with Gasteiger partial charge >= 0.3 is 0 Å². The van der Waals surface area contributed by atoms with Gasteiger partial charge in [0.1, 0.15) is 5.82 Å². The number of nitro benzene ring substituents is 1. The van der Waals surface area contributed by atoms with Gasteiger partial charge in [-0.15, -0.1) is 0 Å². The average Bonchev–Trinajstić information content (AvgIpc) is 3.00. The lowest BCUT2D eigenvalue weighted by Crippen LogP contribution is -2.28. The Balaban J connectivity index is 1.74. The minimum absolute atomic E-state index is 0.177. The van der Waals surface area contributed by atoms with Crippen LogP contribution in [0.1, 0.15) is 19.8 Å². The Kier molecular flexibility index (Phi) is 3.20. The molecular formula is C15H17FN2O2. The molecular weight excluding hydrogens is 259 g/mol. The van der Waals surface area contributed by atoms with E-state index in [-0.39, 0.29) is 11.7 Å². The Bertz CT molecular complexity index is 573. The van der Waals surface area contributed by atoms with Gasteiger partial charge in [-0.25, -0.2) is 4.39 Å². The van der Waals surface area contributed by atoms with Crippen molar-refractivity contribution in [3.63, 3.8) is 0 Å². The van der Waals surface area contributed by atoms with E-state index in [0.29, 0.717) is 23.4 Å². The number of benzene rings is 1. The van der Waals surface area contributed by atoms with Crippen LogP contribution in [0.25, 0.3) is 0 Å². The van der Waals surface area contributed by atoms with Crippen molar-refractivity contribution >= 4 is 11.4 Å². The lowest BCUT2D eigenvalue weighted by molar-refractivity contribution is -0.385. The van der Waals surface area contributed by atoms with Gasteiger partial charge in [0.05, 0.1) is 11.0 Å². The molecule has 0 aromatic heterocycles. The number of nitrogens with one attached hydrogen (secondary N) is 1. The van der Waals surface area contributed by atoms with Gasteiger partial charge in [-0.3, -0.25) is 10.1 Å². The normalized spacial score (nSPS) is 28.6. The molecule has 1 fully saturated rings. The van der Waals surface area contributed by atoms with E-state index in [4.69, 9.17) is 0 Å². The molecule has 0 saturated heterocycles. The first-order valence-corrected chi connectivity index (χ1v) is 6.93. The summed E-state index contributed by atoms with van der Waals surface area (Å²) in [6.07, 6.45) is 6.90. The third kappa shape index (κ3) is 2.40. The maximum Gasteiger partial charge on any atom is 0.274 e. The molecule has 3 rings (SSSR count). The number of nitrogens with zero attached hydrogens (tertiary/aromatic N) is 1. The molecule has 0 amide bonds. The van der Waals surface area contributed by atoms with Gasteiger partial charge in [-0.1, -0.05) is 12.2 Å². The van der Waals surface area contributed by atoms with Crippen molar-refractivity contribution in [3.8, 4) is 0 Å². The molecule has 2 bridgehead atoms. The van der Waals surface area contributed by atoms with Crippen molar-refractivity contribution in [1.82, 2.24) is 0 Å². The van der Waals surface area contributed by atoms with Crippen molar-refractivity contribution in [2.45, 2.75) is 25.8 Å². The lowest BCUT2D eigenvalue weighted by Gasteiger charge is -2.27. The van der Waals surface area contributed by atoms with Crippen molar-refractivity contribution in [2.24, 2.45) is 17.8 Å². The maximum atomic E-state index is 13.4. The number of non-ortho nitro benzene ring substituents is 1. The highest BCUT2D eigenvalue weighted by atomic mass is 19.1. The van der Waals surface area contributed by atoms with E-state index in [9.17, 15) is 14.5 Å². The summed E-state index contributed by atoms with van der Waals surface area (Å²) >= 11 is 0. The second-order valence-corrected chi connectivity index (χ2v) is 5.83. The second-order valence-electron chi connectivity index (χ2n) is 5.83. The summed E-state index contributed by atoms with van der Waals surface area (Å²) in [5.74, 6) is 1.20. The van der Waals surface area contributed by atoms with Crippen LogP contribution in [-0.4, -0.2) is 11.0 Å². The van der Waals surface area contributed by atoms with Crippen LogP contribution in [0.4, 0.5) is 15.8 Å². The van der Waals surface area contributed by atoms with Gasteiger partial charge in [-0.05, 0) is 43.6 Å². The summed E-state index contributed by atoms with van der Waals surface area (Å²) in [6.45, 7) is 2.07. The fourth-order valence-electron chi connectivity index (χ4n) is 3.53. The van der Waals surface area contributed by atoms with Gasteiger partial charge in [-0.2, -0.15) is 0 Å². The molecule has 0 heterocycles. The van der Waals surface area contributed by atoms with Gasteiger partial charge in [0.2, 0.25) is 0 Å². The van der Waals surface area contributed by atoms with Crippen LogP contribution in [0, 0.1) is 33.7 Å². The second kappa shape index (κ2) is 4.89. The van der Waals surface area contributed by atoms with E-state index in [0.717, 1.165) is 12.5 Å².